The van der Waals surface area contributed by atoms with Gasteiger partial charge in [0.25, 0.3) is 5.91 Å². The third-order valence-electron chi connectivity index (χ3n) is 4.32. The first-order valence-electron chi connectivity index (χ1n) is 8.88. The third-order valence-corrected chi connectivity index (χ3v) is 4.32. The maximum atomic E-state index is 12.9. The van der Waals surface area contributed by atoms with Crippen LogP contribution in [0.5, 0.6) is 5.75 Å². The molecule has 0 radical (unpaired) electrons. The molecule has 1 amide bonds. The van der Waals surface area contributed by atoms with Gasteiger partial charge in [0.1, 0.15) is 12.4 Å². The minimum atomic E-state index is -0.972. The lowest BCUT2D eigenvalue weighted by atomic mass is 10.1. The topological polar surface area (TPSA) is 66.8 Å². The van der Waals surface area contributed by atoms with Crippen molar-refractivity contribution in [3.63, 3.8) is 0 Å². The van der Waals surface area contributed by atoms with Crippen molar-refractivity contribution in [1.29, 1.82) is 0 Å². The fraction of sp³-hybridized carbons (Fsp3) is 0.130. The van der Waals surface area contributed by atoms with Crippen LogP contribution in [0.4, 0.5) is 0 Å². The van der Waals surface area contributed by atoms with Crippen molar-refractivity contribution in [3.8, 4) is 5.75 Å². The number of ether oxygens (including phenoxy) is 1. The fourth-order valence-electron chi connectivity index (χ4n) is 2.81. The number of carbonyl (C=O) groups is 2. The average molecular weight is 375 g/mol. The summed E-state index contributed by atoms with van der Waals surface area (Å²) in [5.74, 6) is -0.601. The van der Waals surface area contributed by atoms with Gasteiger partial charge < -0.3 is 14.7 Å². The Morgan fingerprint density at radius 2 is 1.50 bits per heavy atom. The Balaban J connectivity index is 1.70. The van der Waals surface area contributed by atoms with Crippen molar-refractivity contribution in [1.82, 2.24) is 4.90 Å². The smallest absolute Gasteiger partial charge is 0.335 e. The Morgan fingerprint density at radius 3 is 2.18 bits per heavy atom. The van der Waals surface area contributed by atoms with Gasteiger partial charge in [-0.05, 0) is 35.4 Å². The predicted molar refractivity (Wildman–Crippen MR) is 106 cm³/mol. The number of aromatic carboxylic acids is 1. The van der Waals surface area contributed by atoms with Crippen molar-refractivity contribution in [2.45, 2.75) is 13.2 Å². The minimum absolute atomic E-state index is 0.161. The van der Waals surface area contributed by atoms with Crippen molar-refractivity contribution in [3.05, 3.63) is 101 Å². The molecule has 0 unspecified atom stereocenters. The Hall–Kier alpha value is -3.60. The molecule has 0 aliphatic heterocycles. The van der Waals surface area contributed by atoms with Crippen LogP contribution in [0, 0.1) is 0 Å². The molecular formula is C23H21NO4. The van der Waals surface area contributed by atoms with Gasteiger partial charge in [-0.25, -0.2) is 4.79 Å². The number of hydrogen-bond acceptors (Lipinski definition) is 3. The summed E-state index contributed by atoms with van der Waals surface area (Å²) in [5, 5.41) is 8.98. The fourth-order valence-corrected chi connectivity index (χ4v) is 2.81. The normalized spacial score (nSPS) is 10.3. The molecule has 0 bridgehead atoms. The maximum Gasteiger partial charge on any atom is 0.335 e. The first-order chi connectivity index (χ1) is 13.5. The van der Waals surface area contributed by atoms with Crippen LogP contribution in [-0.4, -0.2) is 28.9 Å². The zero-order valence-electron chi connectivity index (χ0n) is 15.5. The first-order valence-corrected chi connectivity index (χ1v) is 8.88. The van der Waals surface area contributed by atoms with E-state index in [-0.39, 0.29) is 11.5 Å². The van der Waals surface area contributed by atoms with Crippen molar-refractivity contribution >= 4 is 11.9 Å². The number of rotatable bonds is 7. The summed E-state index contributed by atoms with van der Waals surface area (Å²) in [5.41, 5.74) is 2.58. The number of carboxylic acid groups (broad SMARTS) is 1. The second kappa shape index (κ2) is 8.86. The van der Waals surface area contributed by atoms with Crippen molar-refractivity contribution in [2.24, 2.45) is 0 Å². The molecule has 1 N–H and O–H groups in total. The van der Waals surface area contributed by atoms with E-state index in [0.717, 1.165) is 11.1 Å². The molecule has 5 nitrogen and oxygen atoms in total. The molecular weight excluding hydrogens is 354 g/mol. The maximum absolute atomic E-state index is 12.9. The van der Waals surface area contributed by atoms with Gasteiger partial charge in [0.2, 0.25) is 0 Å². The molecule has 0 saturated heterocycles. The first kappa shape index (κ1) is 19.2. The van der Waals surface area contributed by atoms with E-state index in [2.05, 4.69) is 0 Å². The monoisotopic (exact) mass is 375 g/mol. The van der Waals surface area contributed by atoms with E-state index in [1.165, 1.54) is 12.1 Å². The standard InChI is InChI=1S/C23H21NO4/c1-24(15-17-11-13-19(14-12-17)23(26)27)22(25)20-9-5-6-10-21(20)28-16-18-7-3-2-4-8-18/h2-14H,15-16H2,1H3,(H,26,27). The number of amides is 1. The Bertz CT molecular complexity index is 952. The molecule has 142 valence electrons. The largest absolute Gasteiger partial charge is 0.488 e. The van der Waals surface area contributed by atoms with E-state index in [9.17, 15) is 9.59 Å². The van der Waals surface area contributed by atoms with E-state index < -0.39 is 5.97 Å². The molecule has 28 heavy (non-hydrogen) atoms. The predicted octanol–water partition coefficient (Wildman–Crippen LogP) is 4.24. The van der Waals surface area contributed by atoms with Gasteiger partial charge in [-0.1, -0.05) is 54.6 Å². The van der Waals surface area contributed by atoms with Gasteiger partial charge in [-0.15, -0.1) is 0 Å². The highest BCUT2D eigenvalue weighted by atomic mass is 16.5. The highest BCUT2D eigenvalue weighted by Crippen LogP contribution is 2.21. The van der Waals surface area contributed by atoms with Gasteiger partial charge in [0.15, 0.2) is 0 Å². The summed E-state index contributed by atoms with van der Waals surface area (Å²) in [6.07, 6.45) is 0. The number of carbonyl (C=O) groups excluding carboxylic acids is 1. The summed E-state index contributed by atoms with van der Waals surface area (Å²) in [6.45, 7) is 0.747. The SMILES string of the molecule is CN(Cc1ccc(C(=O)O)cc1)C(=O)c1ccccc1OCc1ccccc1. The zero-order valence-corrected chi connectivity index (χ0v) is 15.5. The molecule has 3 aromatic carbocycles. The molecule has 0 saturated carbocycles. The van der Waals surface area contributed by atoms with Crippen LogP contribution in [0.2, 0.25) is 0 Å². The van der Waals surface area contributed by atoms with Crippen LogP contribution in [0.25, 0.3) is 0 Å². The van der Waals surface area contributed by atoms with Crippen LogP contribution in [-0.2, 0) is 13.2 Å². The van der Waals surface area contributed by atoms with E-state index in [4.69, 9.17) is 9.84 Å². The molecule has 0 aliphatic carbocycles. The lowest BCUT2D eigenvalue weighted by Gasteiger charge is -2.19. The summed E-state index contributed by atoms with van der Waals surface area (Å²) >= 11 is 0. The van der Waals surface area contributed by atoms with E-state index >= 15 is 0 Å². The average Bonchev–Trinajstić information content (AvgIpc) is 2.73. The van der Waals surface area contributed by atoms with E-state index in [1.54, 1.807) is 42.3 Å². The Morgan fingerprint density at radius 1 is 0.857 bits per heavy atom. The molecule has 0 aliphatic rings. The van der Waals surface area contributed by atoms with E-state index in [1.807, 2.05) is 36.4 Å². The van der Waals surface area contributed by atoms with E-state index in [0.29, 0.717) is 24.5 Å². The Labute approximate surface area is 163 Å². The molecule has 0 fully saturated rings. The van der Waals surface area contributed by atoms with Gasteiger partial charge in [0.05, 0.1) is 11.1 Å². The van der Waals surface area contributed by atoms with Gasteiger partial charge in [-0.3, -0.25) is 4.79 Å². The second-order valence-corrected chi connectivity index (χ2v) is 6.43. The van der Waals surface area contributed by atoms with Crippen molar-refractivity contribution < 1.29 is 19.4 Å². The van der Waals surface area contributed by atoms with Gasteiger partial charge >= 0.3 is 5.97 Å². The number of para-hydroxylation sites is 1. The van der Waals surface area contributed by atoms with Crippen LogP contribution < -0.4 is 4.74 Å². The molecule has 0 aromatic heterocycles. The van der Waals surface area contributed by atoms with Gasteiger partial charge in [0, 0.05) is 13.6 Å². The highest BCUT2D eigenvalue weighted by Gasteiger charge is 2.17. The molecule has 0 atom stereocenters. The van der Waals surface area contributed by atoms with Crippen LogP contribution in [0.15, 0.2) is 78.9 Å². The summed E-state index contributed by atoms with van der Waals surface area (Å²) in [7, 11) is 1.71. The number of carboxylic acids is 1. The lowest BCUT2D eigenvalue weighted by molar-refractivity contribution is 0.0695. The molecule has 5 heteroatoms. The second-order valence-electron chi connectivity index (χ2n) is 6.43. The molecule has 3 aromatic rings. The highest BCUT2D eigenvalue weighted by molar-refractivity contribution is 5.96. The van der Waals surface area contributed by atoms with Crippen molar-refractivity contribution in [2.75, 3.05) is 7.05 Å². The quantitative estimate of drug-likeness (QED) is 0.671. The molecule has 0 heterocycles. The minimum Gasteiger partial charge on any atom is -0.488 e. The summed E-state index contributed by atoms with van der Waals surface area (Å²) in [6, 6.07) is 23.4. The van der Waals surface area contributed by atoms with Gasteiger partial charge in [-0.2, -0.15) is 0 Å². The number of nitrogens with zero attached hydrogens (tertiary/aromatic N) is 1. The Kier molecular flexibility index (Phi) is 6.07. The zero-order chi connectivity index (χ0) is 19.9. The molecule has 0 spiro atoms. The van der Waals surface area contributed by atoms with Crippen LogP contribution in [0.3, 0.4) is 0 Å². The van der Waals surface area contributed by atoms with Crippen LogP contribution >= 0.6 is 0 Å². The number of hydrogen-bond donors (Lipinski definition) is 1. The summed E-state index contributed by atoms with van der Waals surface area (Å²) in [4.78, 5) is 25.4. The molecule has 3 rings (SSSR count). The number of benzene rings is 3. The van der Waals surface area contributed by atoms with Crippen LogP contribution in [0.1, 0.15) is 31.8 Å². The third kappa shape index (κ3) is 4.76. The lowest BCUT2D eigenvalue weighted by Crippen LogP contribution is -2.26. The summed E-state index contributed by atoms with van der Waals surface area (Å²) < 4.78 is 5.87.